The Morgan fingerprint density at radius 1 is 1.17 bits per heavy atom. The zero-order valence-corrected chi connectivity index (χ0v) is 17.2. The predicted octanol–water partition coefficient (Wildman–Crippen LogP) is 3.65. The first kappa shape index (κ1) is 20.0. The Hall–Kier alpha value is -2.28. The Kier molecular flexibility index (Phi) is 6.23. The average molecular weight is 416 g/mol. The Morgan fingerprint density at radius 2 is 1.93 bits per heavy atom. The second-order valence-corrected chi connectivity index (χ2v) is 8.84. The molecule has 5 nitrogen and oxygen atoms in total. The van der Waals surface area contributed by atoms with E-state index >= 15 is 0 Å². The fourth-order valence-electron chi connectivity index (χ4n) is 3.88. The normalized spacial score (nSPS) is 17.8. The topological polar surface area (TPSA) is 62.3 Å². The first-order valence-electron chi connectivity index (χ1n) is 10.3. The summed E-state index contributed by atoms with van der Waals surface area (Å²) in [5.74, 6) is 0.336. The number of carbonyl (C=O) groups is 2. The van der Waals surface area contributed by atoms with Crippen LogP contribution in [0.5, 0.6) is 0 Å². The molecule has 1 N–H and O–H groups in total. The van der Waals surface area contributed by atoms with E-state index in [1.165, 1.54) is 6.07 Å². The standard InChI is InChI=1S/C22H26FN3O2S/c23-19-7-2-1-4-17(19)12-20(27)26-10-8-16(9-11-26)22-25-18(14-29-22)13-24-21(28)15-5-3-6-15/h1-2,4,7,14-16H,3,5-6,8-13H2,(H,24,28). The molecule has 2 aliphatic rings. The number of nitrogens with one attached hydrogen (secondary N) is 1. The molecule has 1 saturated heterocycles. The monoisotopic (exact) mass is 415 g/mol. The van der Waals surface area contributed by atoms with Crippen molar-refractivity contribution in [1.29, 1.82) is 0 Å². The van der Waals surface area contributed by atoms with Gasteiger partial charge in [-0.3, -0.25) is 9.59 Å². The Bertz CT molecular complexity index is 872. The molecule has 0 spiro atoms. The molecule has 29 heavy (non-hydrogen) atoms. The number of nitrogens with zero attached hydrogens (tertiary/aromatic N) is 2. The highest BCUT2D eigenvalue weighted by Crippen LogP contribution is 2.31. The summed E-state index contributed by atoms with van der Waals surface area (Å²) in [5, 5.41) is 6.09. The number of likely N-dealkylation sites (tertiary alicyclic amines) is 1. The third kappa shape index (κ3) is 4.83. The summed E-state index contributed by atoms with van der Waals surface area (Å²) in [4.78, 5) is 31.0. The highest BCUT2D eigenvalue weighted by Gasteiger charge is 2.27. The van der Waals surface area contributed by atoms with E-state index in [1.807, 2.05) is 10.3 Å². The molecule has 4 rings (SSSR count). The van der Waals surface area contributed by atoms with Gasteiger partial charge < -0.3 is 10.2 Å². The van der Waals surface area contributed by atoms with E-state index in [9.17, 15) is 14.0 Å². The predicted molar refractivity (Wildman–Crippen MR) is 110 cm³/mol. The minimum Gasteiger partial charge on any atom is -0.350 e. The lowest BCUT2D eigenvalue weighted by atomic mass is 9.85. The lowest BCUT2D eigenvalue weighted by Gasteiger charge is -2.31. The SMILES string of the molecule is O=C(NCc1csc(C2CCN(C(=O)Cc3ccccc3F)CC2)n1)C1CCC1. The first-order chi connectivity index (χ1) is 14.1. The molecule has 0 unspecified atom stereocenters. The van der Waals surface area contributed by atoms with Gasteiger partial charge in [0.25, 0.3) is 0 Å². The van der Waals surface area contributed by atoms with Gasteiger partial charge in [-0.15, -0.1) is 11.3 Å². The second-order valence-electron chi connectivity index (χ2n) is 7.95. The van der Waals surface area contributed by atoms with Crippen molar-refractivity contribution in [3.63, 3.8) is 0 Å². The summed E-state index contributed by atoms with van der Waals surface area (Å²) in [6.45, 7) is 1.84. The van der Waals surface area contributed by atoms with Crippen LogP contribution in [0, 0.1) is 11.7 Å². The van der Waals surface area contributed by atoms with Crippen molar-refractivity contribution < 1.29 is 14.0 Å². The highest BCUT2D eigenvalue weighted by molar-refractivity contribution is 7.09. The molecule has 154 valence electrons. The van der Waals surface area contributed by atoms with Gasteiger partial charge in [-0.25, -0.2) is 9.37 Å². The maximum atomic E-state index is 13.8. The maximum Gasteiger partial charge on any atom is 0.227 e. The zero-order valence-electron chi connectivity index (χ0n) is 16.4. The number of hydrogen-bond acceptors (Lipinski definition) is 4. The van der Waals surface area contributed by atoms with E-state index in [0.717, 1.165) is 42.8 Å². The molecule has 2 heterocycles. The van der Waals surface area contributed by atoms with Crippen molar-refractivity contribution >= 4 is 23.2 Å². The van der Waals surface area contributed by atoms with Crippen LogP contribution in [0.15, 0.2) is 29.6 Å². The number of hydrogen-bond donors (Lipinski definition) is 1. The van der Waals surface area contributed by atoms with E-state index < -0.39 is 0 Å². The maximum absolute atomic E-state index is 13.8. The van der Waals surface area contributed by atoms with E-state index in [2.05, 4.69) is 5.32 Å². The van der Waals surface area contributed by atoms with E-state index in [4.69, 9.17) is 4.98 Å². The molecule has 0 radical (unpaired) electrons. The molecule has 0 bridgehead atoms. The minimum absolute atomic E-state index is 0.0212. The van der Waals surface area contributed by atoms with Crippen molar-refractivity contribution in [2.45, 2.75) is 51.0 Å². The van der Waals surface area contributed by atoms with Gasteiger partial charge in [0.1, 0.15) is 5.82 Å². The first-order valence-corrected chi connectivity index (χ1v) is 11.2. The molecule has 1 aromatic carbocycles. The summed E-state index contributed by atoms with van der Waals surface area (Å²) in [6.07, 6.45) is 5.00. The van der Waals surface area contributed by atoms with Crippen LogP contribution in [0.3, 0.4) is 0 Å². The van der Waals surface area contributed by atoms with Gasteiger partial charge in [-0.1, -0.05) is 24.6 Å². The van der Waals surface area contributed by atoms with Crippen LogP contribution in [0.1, 0.15) is 54.3 Å². The van der Waals surface area contributed by atoms with Crippen LogP contribution in [0.25, 0.3) is 0 Å². The summed E-state index contributed by atoms with van der Waals surface area (Å²) >= 11 is 1.63. The lowest BCUT2D eigenvalue weighted by Crippen LogP contribution is -2.38. The summed E-state index contributed by atoms with van der Waals surface area (Å²) in [7, 11) is 0. The Balaban J connectivity index is 1.25. The Morgan fingerprint density at radius 3 is 2.62 bits per heavy atom. The van der Waals surface area contributed by atoms with Crippen LogP contribution in [-0.4, -0.2) is 34.8 Å². The number of thiazole rings is 1. The molecule has 2 fully saturated rings. The minimum atomic E-state index is -0.324. The lowest BCUT2D eigenvalue weighted by molar-refractivity contribution is -0.131. The number of aromatic nitrogens is 1. The van der Waals surface area contributed by atoms with E-state index in [1.54, 1.807) is 29.5 Å². The van der Waals surface area contributed by atoms with Crippen molar-refractivity contribution in [3.8, 4) is 0 Å². The molecule has 2 amide bonds. The van der Waals surface area contributed by atoms with Gasteiger partial charge in [-0.05, 0) is 37.3 Å². The number of halogens is 1. The number of carbonyl (C=O) groups excluding carboxylic acids is 2. The smallest absolute Gasteiger partial charge is 0.227 e. The third-order valence-electron chi connectivity index (χ3n) is 5.99. The van der Waals surface area contributed by atoms with Gasteiger partial charge >= 0.3 is 0 Å². The fraction of sp³-hybridized carbons (Fsp3) is 0.500. The summed E-state index contributed by atoms with van der Waals surface area (Å²) in [6, 6.07) is 6.45. The molecule has 2 aromatic rings. The number of piperidine rings is 1. The third-order valence-corrected chi connectivity index (χ3v) is 7.04. The van der Waals surface area contributed by atoms with Crippen molar-refractivity contribution in [3.05, 3.63) is 51.7 Å². The molecular weight excluding hydrogens is 389 g/mol. The van der Waals surface area contributed by atoms with E-state index in [-0.39, 0.29) is 30.0 Å². The number of rotatable bonds is 6. The molecule has 1 aliphatic carbocycles. The quantitative estimate of drug-likeness (QED) is 0.783. The van der Waals surface area contributed by atoms with Crippen LogP contribution in [0.2, 0.25) is 0 Å². The van der Waals surface area contributed by atoms with Gasteiger partial charge in [0.2, 0.25) is 11.8 Å². The van der Waals surface area contributed by atoms with Crippen LogP contribution < -0.4 is 5.32 Å². The average Bonchev–Trinajstić information content (AvgIpc) is 3.16. The summed E-state index contributed by atoms with van der Waals surface area (Å²) in [5.41, 5.74) is 1.36. The van der Waals surface area contributed by atoms with Crippen LogP contribution >= 0.6 is 11.3 Å². The number of amides is 2. The van der Waals surface area contributed by atoms with Crippen LogP contribution in [0.4, 0.5) is 4.39 Å². The van der Waals surface area contributed by atoms with Crippen molar-refractivity contribution in [2.24, 2.45) is 5.92 Å². The Labute approximate surface area is 174 Å². The van der Waals surface area contributed by atoms with Gasteiger partial charge in [0.15, 0.2) is 0 Å². The second kappa shape index (κ2) is 9.03. The van der Waals surface area contributed by atoms with Crippen molar-refractivity contribution in [1.82, 2.24) is 15.2 Å². The van der Waals surface area contributed by atoms with E-state index in [0.29, 0.717) is 31.1 Å². The zero-order chi connectivity index (χ0) is 20.2. The molecule has 1 saturated carbocycles. The molecule has 1 aliphatic heterocycles. The highest BCUT2D eigenvalue weighted by atomic mass is 32.1. The molecule has 7 heteroatoms. The summed E-state index contributed by atoms with van der Waals surface area (Å²) < 4.78 is 13.8. The van der Waals surface area contributed by atoms with Crippen LogP contribution in [-0.2, 0) is 22.6 Å². The molecule has 1 aromatic heterocycles. The number of benzene rings is 1. The van der Waals surface area contributed by atoms with Gasteiger partial charge in [-0.2, -0.15) is 0 Å². The van der Waals surface area contributed by atoms with Gasteiger partial charge in [0, 0.05) is 30.3 Å². The largest absolute Gasteiger partial charge is 0.350 e. The van der Waals surface area contributed by atoms with Gasteiger partial charge in [0.05, 0.1) is 23.7 Å². The molecule has 0 atom stereocenters. The fourth-order valence-corrected chi connectivity index (χ4v) is 4.87. The van der Waals surface area contributed by atoms with Crippen molar-refractivity contribution in [2.75, 3.05) is 13.1 Å². The molecular formula is C22H26FN3O2S.